The second-order valence-electron chi connectivity index (χ2n) is 5.61. The third kappa shape index (κ3) is 3.40. The van der Waals surface area contributed by atoms with Crippen LogP contribution in [-0.2, 0) is 13.0 Å². The molecule has 2 N–H and O–H groups in total. The van der Waals surface area contributed by atoms with E-state index in [-0.39, 0.29) is 12.4 Å². The summed E-state index contributed by atoms with van der Waals surface area (Å²) in [6.07, 6.45) is 3.40. The molecule has 2 heterocycles. The summed E-state index contributed by atoms with van der Waals surface area (Å²) >= 11 is 6.20. The van der Waals surface area contributed by atoms with E-state index in [0.29, 0.717) is 5.92 Å². The molecule has 0 radical (unpaired) electrons. The number of hydrogen-bond acceptors (Lipinski definition) is 3. The third-order valence-corrected chi connectivity index (χ3v) is 4.48. The van der Waals surface area contributed by atoms with E-state index in [2.05, 4.69) is 11.0 Å². The van der Waals surface area contributed by atoms with E-state index >= 15 is 0 Å². The van der Waals surface area contributed by atoms with Crippen LogP contribution < -0.4 is 10.5 Å². The van der Waals surface area contributed by atoms with Crippen molar-refractivity contribution in [2.24, 2.45) is 11.7 Å². The Morgan fingerprint density at radius 2 is 2.05 bits per heavy atom. The monoisotopic (exact) mass is 316 g/mol. The number of likely N-dealkylation sites (tertiary alicyclic amines) is 1. The Kier molecular flexibility index (Phi) is 5.56. The van der Waals surface area contributed by atoms with Crippen LogP contribution in [-0.4, -0.2) is 31.1 Å². The van der Waals surface area contributed by atoms with Gasteiger partial charge >= 0.3 is 0 Å². The van der Waals surface area contributed by atoms with Crippen molar-refractivity contribution in [2.75, 3.05) is 26.2 Å². The van der Waals surface area contributed by atoms with Gasteiger partial charge in [0, 0.05) is 23.6 Å². The highest BCUT2D eigenvalue weighted by atomic mass is 35.5. The number of benzene rings is 1. The van der Waals surface area contributed by atoms with Gasteiger partial charge in [-0.3, -0.25) is 4.90 Å². The largest absolute Gasteiger partial charge is 0.493 e. The maximum absolute atomic E-state index is 6.20. The Hall–Kier alpha value is -0.480. The fraction of sp³-hybridized carbons (Fsp3) is 0.600. The van der Waals surface area contributed by atoms with Crippen LogP contribution in [0.25, 0.3) is 0 Å². The first-order valence-electron chi connectivity index (χ1n) is 7.13. The molecule has 0 aromatic heterocycles. The van der Waals surface area contributed by atoms with E-state index in [1.807, 2.05) is 6.07 Å². The summed E-state index contributed by atoms with van der Waals surface area (Å²) in [5, 5.41) is 0.830. The minimum Gasteiger partial charge on any atom is -0.493 e. The average Bonchev–Trinajstić information content (AvgIpc) is 2.88. The van der Waals surface area contributed by atoms with Crippen LogP contribution in [0, 0.1) is 5.92 Å². The lowest BCUT2D eigenvalue weighted by molar-refractivity contribution is 0.178. The predicted octanol–water partition coefficient (Wildman–Crippen LogP) is 2.87. The molecular formula is C15H22Cl2N2O. The summed E-state index contributed by atoms with van der Waals surface area (Å²) in [6, 6.07) is 4.09. The number of fused-ring (bicyclic) bond motifs is 1. The number of rotatable bonds is 3. The molecule has 2 aliphatic heterocycles. The van der Waals surface area contributed by atoms with E-state index in [1.165, 1.54) is 24.0 Å². The van der Waals surface area contributed by atoms with Gasteiger partial charge in [-0.25, -0.2) is 0 Å². The van der Waals surface area contributed by atoms with Crippen molar-refractivity contribution < 1.29 is 4.74 Å². The van der Waals surface area contributed by atoms with Gasteiger partial charge in [-0.05, 0) is 56.1 Å². The fourth-order valence-electron chi connectivity index (χ4n) is 3.08. The number of nitrogens with zero attached hydrogens (tertiary/aromatic N) is 1. The second-order valence-corrected chi connectivity index (χ2v) is 6.04. The molecule has 5 heteroatoms. The number of hydrogen-bond donors (Lipinski definition) is 1. The highest BCUT2D eigenvalue weighted by Crippen LogP contribution is 2.34. The van der Waals surface area contributed by atoms with Crippen molar-refractivity contribution in [1.29, 1.82) is 0 Å². The Bertz CT molecular complexity index is 459. The average molecular weight is 317 g/mol. The minimum absolute atomic E-state index is 0. The molecule has 0 atom stereocenters. The SMILES string of the molecule is Cl.NCC1CCN(Cc2cc(Cl)cc3c2OCC3)CC1. The molecule has 0 amide bonds. The summed E-state index contributed by atoms with van der Waals surface area (Å²) in [7, 11) is 0. The smallest absolute Gasteiger partial charge is 0.127 e. The van der Waals surface area contributed by atoms with Crippen LogP contribution in [0.3, 0.4) is 0 Å². The standard InChI is InChI=1S/C15H21ClN2O.ClH/c16-14-7-12-3-6-19-15(12)13(8-14)10-18-4-1-11(9-17)2-5-18;/h7-8,11H,1-6,9-10,17H2;1H. The van der Waals surface area contributed by atoms with E-state index in [1.54, 1.807) is 0 Å². The number of halogens is 2. The molecule has 0 bridgehead atoms. The first-order valence-corrected chi connectivity index (χ1v) is 7.50. The molecule has 3 nitrogen and oxygen atoms in total. The maximum Gasteiger partial charge on any atom is 0.127 e. The normalized spacial score (nSPS) is 19.3. The zero-order valence-electron chi connectivity index (χ0n) is 11.6. The number of nitrogens with two attached hydrogens (primary N) is 1. The third-order valence-electron chi connectivity index (χ3n) is 4.26. The van der Waals surface area contributed by atoms with Gasteiger partial charge in [0.25, 0.3) is 0 Å². The molecule has 2 aliphatic rings. The molecule has 1 saturated heterocycles. The molecule has 0 spiro atoms. The van der Waals surface area contributed by atoms with Crippen molar-refractivity contribution in [3.8, 4) is 5.75 Å². The summed E-state index contributed by atoms with van der Waals surface area (Å²) in [6.45, 7) is 4.81. The van der Waals surface area contributed by atoms with Crippen LogP contribution in [0.5, 0.6) is 5.75 Å². The van der Waals surface area contributed by atoms with Gasteiger partial charge in [-0.2, -0.15) is 0 Å². The Morgan fingerprint density at radius 1 is 1.30 bits per heavy atom. The van der Waals surface area contributed by atoms with Crippen LogP contribution >= 0.6 is 24.0 Å². The lowest BCUT2D eigenvalue weighted by atomic mass is 9.96. The summed E-state index contributed by atoms with van der Waals surface area (Å²) in [5.41, 5.74) is 8.24. The molecule has 1 aromatic rings. The van der Waals surface area contributed by atoms with Crippen LogP contribution in [0.1, 0.15) is 24.0 Å². The van der Waals surface area contributed by atoms with Gasteiger partial charge in [0.1, 0.15) is 5.75 Å². The first-order chi connectivity index (χ1) is 9.26. The highest BCUT2D eigenvalue weighted by molar-refractivity contribution is 6.30. The minimum atomic E-state index is 0. The molecular weight excluding hydrogens is 295 g/mol. The van der Waals surface area contributed by atoms with Crippen LogP contribution in [0.4, 0.5) is 0 Å². The summed E-state index contributed by atoms with van der Waals surface area (Å²) < 4.78 is 5.76. The number of ether oxygens (including phenoxy) is 1. The number of piperidine rings is 1. The zero-order valence-corrected chi connectivity index (χ0v) is 13.2. The van der Waals surface area contributed by atoms with E-state index < -0.39 is 0 Å². The zero-order chi connectivity index (χ0) is 13.2. The van der Waals surface area contributed by atoms with Gasteiger partial charge in [-0.1, -0.05) is 11.6 Å². The van der Waals surface area contributed by atoms with E-state index in [0.717, 1.165) is 50.0 Å². The Morgan fingerprint density at radius 3 is 2.75 bits per heavy atom. The maximum atomic E-state index is 6.20. The van der Waals surface area contributed by atoms with Gasteiger partial charge in [-0.15, -0.1) is 12.4 Å². The predicted molar refractivity (Wildman–Crippen MR) is 85.0 cm³/mol. The van der Waals surface area contributed by atoms with Crippen molar-refractivity contribution in [3.63, 3.8) is 0 Å². The molecule has 1 aromatic carbocycles. The molecule has 20 heavy (non-hydrogen) atoms. The summed E-state index contributed by atoms with van der Waals surface area (Å²) in [5.74, 6) is 1.78. The van der Waals surface area contributed by atoms with E-state index in [4.69, 9.17) is 22.1 Å². The summed E-state index contributed by atoms with van der Waals surface area (Å²) in [4.78, 5) is 2.49. The molecule has 0 unspecified atom stereocenters. The lowest BCUT2D eigenvalue weighted by Crippen LogP contribution is -2.35. The Balaban J connectivity index is 0.00000147. The molecule has 3 rings (SSSR count). The molecule has 112 valence electrons. The van der Waals surface area contributed by atoms with Crippen molar-refractivity contribution >= 4 is 24.0 Å². The second kappa shape index (κ2) is 6.99. The van der Waals surface area contributed by atoms with Crippen LogP contribution in [0.15, 0.2) is 12.1 Å². The van der Waals surface area contributed by atoms with Crippen molar-refractivity contribution in [3.05, 3.63) is 28.3 Å². The molecule has 0 aliphatic carbocycles. The van der Waals surface area contributed by atoms with Crippen molar-refractivity contribution in [1.82, 2.24) is 4.90 Å². The van der Waals surface area contributed by atoms with Gasteiger partial charge in [0.05, 0.1) is 6.61 Å². The van der Waals surface area contributed by atoms with Gasteiger partial charge < -0.3 is 10.5 Å². The lowest BCUT2D eigenvalue weighted by Gasteiger charge is -2.31. The van der Waals surface area contributed by atoms with E-state index in [9.17, 15) is 0 Å². The van der Waals surface area contributed by atoms with Crippen LogP contribution in [0.2, 0.25) is 5.02 Å². The molecule has 0 saturated carbocycles. The quantitative estimate of drug-likeness (QED) is 0.932. The topological polar surface area (TPSA) is 38.5 Å². The highest BCUT2D eigenvalue weighted by Gasteiger charge is 2.22. The van der Waals surface area contributed by atoms with Gasteiger partial charge in [0.2, 0.25) is 0 Å². The fourth-order valence-corrected chi connectivity index (χ4v) is 3.35. The Labute approximate surface area is 131 Å². The first kappa shape index (κ1) is 15.9. The van der Waals surface area contributed by atoms with Gasteiger partial charge in [0.15, 0.2) is 0 Å². The molecule has 1 fully saturated rings. The van der Waals surface area contributed by atoms with Crippen molar-refractivity contribution in [2.45, 2.75) is 25.8 Å².